The first-order chi connectivity index (χ1) is 7.89. The fourth-order valence-corrected chi connectivity index (χ4v) is 1.49. The molecule has 0 spiro atoms. The van der Waals surface area contributed by atoms with Crippen LogP contribution < -0.4 is 0 Å². The van der Waals surface area contributed by atoms with Gasteiger partial charge >= 0.3 is 12.1 Å². The molecule has 0 fully saturated rings. The summed E-state index contributed by atoms with van der Waals surface area (Å²) in [6, 6.07) is 4.96. The third-order valence-electron chi connectivity index (χ3n) is 2.27. The molecule has 0 unspecified atom stereocenters. The minimum Gasteiger partial charge on any atom is -0.478 e. The average Bonchev–Trinajstić information content (AvgIpc) is 2.26. The number of hydrogen-bond acceptors (Lipinski definition) is 2. The summed E-state index contributed by atoms with van der Waals surface area (Å²) in [5.74, 6) is -1.22. The number of rotatable bonds is 1. The maximum atomic E-state index is 12.4. The van der Waals surface area contributed by atoms with E-state index >= 15 is 0 Å². The number of aromatic carboxylic acids is 1. The maximum absolute atomic E-state index is 12.4. The van der Waals surface area contributed by atoms with Gasteiger partial charge in [0, 0.05) is 11.6 Å². The number of aromatic nitrogens is 1. The summed E-state index contributed by atoms with van der Waals surface area (Å²) in [6.45, 7) is 0. The zero-order valence-corrected chi connectivity index (χ0v) is 8.32. The number of hydrogen-bond donors (Lipinski definition) is 1. The standard InChI is InChI=1S/C11H6F3NO2/c12-11(13,14)7-4-6-2-1-3-8(10(16)17)9(6)15-5-7/h1-5H,(H,16,17). The SMILES string of the molecule is O=C(O)c1cccc2cc(C(F)(F)F)cnc12. The van der Waals surface area contributed by atoms with Crippen molar-refractivity contribution in [3.8, 4) is 0 Å². The Hall–Kier alpha value is -2.11. The predicted molar refractivity (Wildman–Crippen MR) is 53.7 cm³/mol. The molecule has 0 atom stereocenters. The highest BCUT2D eigenvalue weighted by molar-refractivity contribution is 6.01. The molecule has 2 rings (SSSR count). The molecule has 0 radical (unpaired) electrons. The first kappa shape index (κ1) is 11.4. The molecular formula is C11H6F3NO2. The lowest BCUT2D eigenvalue weighted by atomic mass is 10.1. The molecule has 0 aliphatic heterocycles. The second-order valence-corrected chi connectivity index (χ2v) is 3.40. The lowest BCUT2D eigenvalue weighted by Gasteiger charge is -2.07. The van der Waals surface area contributed by atoms with Crippen molar-refractivity contribution in [1.82, 2.24) is 4.98 Å². The first-order valence-electron chi connectivity index (χ1n) is 4.59. The van der Waals surface area contributed by atoms with Crippen molar-refractivity contribution < 1.29 is 23.1 Å². The van der Waals surface area contributed by atoms with Crippen molar-refractivity contribution >= 4 is 16.9 Å². The van der Waals surface area contributed by atoms with Gasteiger partial charge in [-0.2, -0.15) is 13.2 Å². The summed E-state index contributed by atoms with van der Waals surface area (Å²) in [5, 5.41) is 9.00. The second-order valence-electron chi connectivity index (χ2n) is 3.40. The minimum absolute atomic E-state index is 0.0491. The van der Waals surface area contributed by atoms with Crippen molar-refractivity contribution in [2.24, 2.45) is 0 Å². The van der Waals surface area contributed by atoms with Crippen molar-refractivity contribution in [2.75, 3.05) is 0 Å². The van der Waals surface area contributed by atoms with E-state index < -0.39 is 17.7 Å². The molecule has 1 aromatic heterocycles. The van der Waals surface area contributed by atoms with Crippen LogP contribution in [-0.2, 0) is 6.18 Å². The van der Waals surface area contributed by atoms with Crippen molar-refractivity contribution in [3.05, 3.63) is 41.6 Å². The summed E-state index contributed by atoms with van der Waals surface area (Å²) < 4.78 is 37.3. The summed E-state index contributed by atoms with van der Waals surface area (Å²) >= 11 is 0. The molecule has 0 bridgehead atoms. The smallest absolute Gasteiger partial charge is 0.417 e. The number of carboxylic acids is 1. The van der Waals surface area contributed by atoms with Gasteiger partial charge in [-0.3, -0.25) is 4.98 Å². The second kappa shape index (κ2) is 3.73. The molecule has 1 N–H and O–H groups in total. The van der Waals surface area contributed by atoms with E-state index in [2.05, 4.69) is 4.98 Å². The van der Waals surface area contributed by atoms with Crippen molar-refractivity contribution in [2.45, 2.75) is 6.18 Å². The maximum Gasteiger partial charge on any atom is 0.417 e. The number of carbonyl (C=O) groups is 1. The van der Waals surface area contributed by atoms with Gasteiger partial charge in [-0.05, 0) is 12.1 Å². The molecule has 17 heavy (non-hydrogen) atoms. The predicted octanol–water partition coefficient (Wildman–Crippen LogP) is 2.95. The number of benzene rings is 1. The van der Waals surface area contributed by atoms with Gasteiger partial charge in [0.25, 0.3) is 0 Å². The average molecular weight is 241 g/mol. The molecule has 0 aliphatic rings. The van der Waals surface area contributed by atoms with Gasteiger partial charge in [0.05, 0.1) is 16.6 Å². The van der Waals surface area contributed by atoms with Gasteiger partial charge in [0.2, 0.25) is 0 Å². The number of carboxylic acid groups (broad SMARTS) is 1. The first-order valence-corrected chi connectivity index (χ1v) is 4.59. The van der Waals surface area contributed by atoms with Crippen LogP contribution in [0.2, 0.25) is 0 Å². The summed E-state index contributed by atoms with van der Waals surface area (Å²) in [6.07, 6.45) is -3.85. The Balaban J connectivity index is 2.69. The molecule has 0 saturated heterocycles. The number of fused-ring (bicyclic) bond motifs is 1. The Kier molecular flexibility index (Phi) is 2.49. The Morgan fingerprint density at radius 1 is 1.29 bits per heavy atom. The molecule has 0 aliphatic carbocycles. The topological polar surface area (TPSA) is 50.2 Å². The quantitative estimate of drug-likeness (QED) is 0.835. The van der Waals surface area contributed by atoms with Gasteiger partial charge in [-0.25, -0.2) is 4.79 Å². The molecule has 1 aromatic carbocycles. The Bertz CT molecular complexity index is 593. The largest absolute Gasteiger partial charge is 0.478 e. The third kappa shape index (κ3) is 2.06. The zero-order valence-electron chi connectivity index (χ0n) is 8.32. The van der Waals surface area contributed by atoms with E-state index in [0.29, 0.717) is 6.20 Å². The Morgan fingerprint density at radius 3 is 2.59 bits per heavy atom. The monoisotopic (exact) mass is 241 g/mol. The van der Waals surface area contributed by atoms with Crippen molar-refractivity contribution in [3.63, 3.8) is 0 Å². The van der Waals surface area contributed by atoms with Crippen LogP contribution in [0, 0.1) is 0 Å². The van der Waals surface area contributed by atoms with E-state index in [1.807, 2.05) is 0 Å². The molecule has 0 saturated carbocycles. The molecule has 1 heterocycles. The number of alkyl halides is 3. The molecule has 0 amide bonds. The van der Waals surface area contributed by atoms with E-state index in [0.717, 1.165) is 6.07 Å². The van der Waals surface area contributed by atoms with E-state index in [-0.39, 0.29) is 16.5 Å². The van der Waals surface area contributed by atoms with Gasteiger partial charge in [0.1, 0.15) is 0 Å². The Labute approximate surface area is 93.5 Å². The Morgan fingerprint density at radius 2 is 2.00 bits per heavy atom. The van der Waals surface area contributed by atoms with Gasteiger partial charge in [-0.1, -0.05) is 12.1 Å². The number of para-hydroxylation sites is 1. The molecule has 88 valence electrons. The van der Waals surface area contributed by atoms with Crippen LogP contribution in [-0.4, -0.2) is 16.1 Å². The highest BCUT2D eigenvalue weighted by Gasteiger charge is 2.31. The van der Waals surface area contributed by atoms with Crippen LogP contribution in [0.4, 0.5) is 13.2 Å². The summed E-state index contributed by atoms with van der Waals surface area (Å²) in [4.78, 5) is 14.4. The number of pyridine rings is 1. The molecule has 3 nitrogen and oxygen atoms in total. The molecular weight excluding hydrogens is 235 g/mol. The minimum atomic E-state index is -4.49. The van der Waals surface area contributed by atoms with Gasteiger partial charge in [0.15, 0.2) is 0 Å². The van der Waals surface area contributed by atoms with Crippen LogP contribution in [0.1, 0.15) is 15.9 Å². The van der Waals surface area contributed by atoms with Crippen molar-refractivity contribution in [1.29, 1.82) is 0 Å². The highest BCUT2D eigenvalue weighted by Crippen LogP contribution is 2.30. The van der Waals surface area contributed by atoms with Gasteiger partial charge < -0.3 is 5.11 Å². The summed E-state index contributed by atoms with van der Waals surface area (Å²) in [7, 11) is 0. The molecule has 2 aromatic rings. The van der Waals surface area contributed by atoms with E-state index in [9.17, 15) is 18.0 Å². The third-order valence-corrected chi connectivity index (χ3v) is 2.27. The number of halogens is 3. The van der Waals surface area contributed by atoms with E-state index in [1.54, 1.807) is 0 Å². The number of nitrogens with zero attached hydrogens (tertiary/aromatic N) is 1. The van der Waals surface area contributed by atoms with Crippen LogP contribution >= 0.6 is 0 Å². The summed E-state index contributed by atoms with van der Waals surface area (Å²) in [5.41, 5.74) is -0.961. The normalized spacial score (nSPS) is 11.7. The van der Waals surface area contributed by atoms with Crippen LogP contribution in [0.5, 0.6) is 0 Å². The fraction of sp³-hybridized carbons (Fsp3) is 0.0909. The van der Waals surface area contributed by atoms with E-state index in [4.69, 9.17) is 5.11 Å². The fourth-order valence-electron chi connectivity index (χ4n) is 1.49. The lowest BCUT2D eigenvalue weighted by Crippen LogP contribution is -2.06. The zero-order chi connectivity index (χ0) is 12.6. The highest BCUT2D eigenvalue weighted by atomic mass is 19.4. The van der Waals surface area contributed by atoms with E-state index in [1.165, 1.54) is 18.2 Å². The van der Waals surface area contributed by atoms with Crippen LogP contribution in [0.25, 0.3) is 10.9 Å². The van der Waals surface area contributed by atoms with Crippen LogP contribution in [0.15, 0.2) is 30.5 Å². The van der Waals surface area contributed by atoms with Gasteiger partial charge in [-0.15, -0.1) is 0 Å². The lowest BCUT2D eigenvalue weighted by molar-refractivity contribution is -0.137. The molecule has 6 heteroatoms. The van der Waals surface area contributed by atoms with Crippen LogP contribution in [0.3, 0.4) is 0 Å².